The van der Waals surface area contributed by atoms with E-state index in [-0.39, 0.29) is 12.5 Å². The largest absolute Gasteiger partial charge is 0.495 e. The summed E-state index contributed by atoms with van der Waals surface area (Å²) in [6, 6.07) is 4.28. The fraction of sp³-hybridized carbons (Fsp3) is 0.474. The SMILES string of the molecule is COc1cccc(OC2=CC(=O)N(C(CC3CCCC3)C(=O)O)C2)c1Cl. The Balaban J connectivity index is 1.70. The van der Waals surface area contributed by atoms with Crippen molar-refractivity contribution in [2.24, 2.45) is 5.92 Å². The molecule has 1 amide bonds. The van der Waals surface area contributed by atoms with Crippen molar-refractivity contribution in [1.82, 2.24) is 4.90 Å². The number of nitrogens with zero attached hydrogens (tertiary/aromatic N) is 1. The van der Waals surface area contributed by atoms with Crippen LogP contribution in [-0.4, -0.2) is 41.6 Å². The van der Waals surface area contributed by atoms with Gasteiger partial charge in [0, 0.05) is 6.08 Å². The van der Waals surface area contributed by atoms with Crippen LogP contribution in [0.3, 0.4) is 0 Å². The minimum absolute atomic E-state index is 0.121. The first kappa shape index (κ1) is 18.6. The van der Waals surface area contributed by atoms with E-state index in [2.05, 4.69) is 0 Å². The van der Waals surface area contributed by atoms with Crippen molar-refractivity contribution >= 4 is 23.5 Å². The number of benzene rings is 1. The maximum Gasteiger partial charge on any atom is 0.326 e. The van der Waals surface area contributed by atoms with E-state index in [4.69, 9.17) is 21.1 Å². The van der Waals surface area contributed by atoms with Gasteiger partial charge in [-0.2, -0.15) is 0 Å². The molecule has 1 aliphatic heterocycles. The number of carbonyl (C=O) groups excluding carboxylic acids is 1. The maximum atomic E-state index is 12.4. The number of aliphatic carboxylic acids is 1. The molecule has 1 aromatic carbocycles. The van der Waals surface area contributed by atoms with Gasteiger partial charge >= 0.3 is 5.97 Å². The van der Waals surface area contributed by atoms with Crippen LogP contribution in [0.5, 0.6) is 11.5 Å². The van der Waals surface area contributed by atoms with Crippen molar-refractivity contribution in [1.29, 1.82) is 0 Å². The number of hydrogen-bond acceptors (Lipinski definition) is 4. The van der Waals surface area contributed by atoms with Gasteiger partial charge in [-0.3, -0.25) is 4.79 Å². The molecule has 1 aromatic rings. The molecule has 0 saturated heterocycles. The summed E-state index contributed by atoms with van der Waals surface area (Å²) in [5.41, 5.74) is 0. The lowest BCUT2D eigenvalue weighted by atomic mass is 9.97. The Morgan fingerprint density at radius 1 is 1.35 bits per heavy atom. The molecular formula is C19H22ClNO5. The Labute approximate surface area is 157 Å². The molecule has 1 aliphatic carbocycles. The van der Waals surface area contributed by atoms with E-state index < -0.39 is 12.0 Å². The van der Waals surface area contributed by atoms with E-state index in [9.17, 15) is 14.7 Å². The predicted octanol–water partition coefficient (Wildman–Crippen LogP) is 3.49. The Morgan fingerprint density at radius 2 is 2.04 bits per heavy atom. The number of carbonyl (C=O) groups is 2. The average molecular weight is 380 g/mol. The summed E-state index contributed by atoms with van der Waals surface area (Å²) in [5.74, 6) is 0.262. The molecule has 1 heterocycles. The smallest absolute Gasteiger partial charge is 0.326 e. The van der Waals surface area contributed by atoms with Gasteiger partial charge in [-0.1, -0.05) is 43.4 Å². The lowest BCUT2D eigenvalue weighted by molar-refractivity contribution is -0.148. The topological polar surface area (TPSA) is 76.1 Å². The normalized spacial score (nSPS) is 18.8. The van der Waals surface area contributed by atoms with Crippen LogP contribution in [-0.2, 0) is 9.59 Å². The van der Waals surface area contributed by atoms with Crippen molar-refractivity contribution in [3.63, 3.8) is 0 Å². The summed E-state index contributed by atoms with van der Waals surface area (Å²) in [5, 5.41) is 9.91. The van der Waals surface area contributed by atoms with Gasteiger partial charge in [0.25, 0.3) is 5.91 Å². The zero-order valence-electron chi connectivity index (χ0n) is 14.6. The van der Waals surface area contributed by atoms with Crippen LogP contribution < -0.4 is 9.47 Å². The van der Waals surface area contributed by atoms with Gasteiger partial charge in [-0.05, 0) is 24.5 Å². The highest BCUT2D eigenvalue weighted by Crippen LogP contribution is 2.36. The van der Waals surface area contributed by atoms with Crippen LogP contribution in [0.1, 0.15) is 32.1 Å². The van der Waals surface area contributed by atoms with Gasteiger partial charge in [-0.15, -0.1) is 0 Å². The summed E-state index contributed by atoms with van der Waals surface area (Å²) in [6.07, 6.45) is 6.14. The lowest BCUT2D eigenvalue weighted by Crippen LogP contribution is -2.43. The third-order valence-electron chi connectivity index (χ3n) is 4.98. The van der Waals surface area contributed by atoms with Gasteiger partial charge in [0.1, 0.15) is 28.3 Å². The minimum Gasteiger partial charge on any atom is -0.495 e. The van der Waals surface area contributed by atoms with E-state index in [1.165, 1.54) is 18.1 Å². The summed E-state index contributed by atoms with van der Waals surface area (Å²) >= 11 is 6.22. The van der Waals surface area contributed by atoms with Gasteiger partial charge in [0.2, 0.25) is 0 Å². The van der Waals surface area contributed by atoms with Crippen molar-refractivity contribution in [3.05, 3.63) is 35.1 Å². The molecule has 1 atom stereocenters. The Morgan fingerprint density at radius 3 is 2.69 bits per heavy atom. The molecule has 1 fully saturated rings. The van der Waals surface area contributed by atoms with Crippen LogP contribution in [0.15, 0.2) is 30.0 Å². The molecule has 140 valence electrons. The molecule has 0 spiro atoms. The Bertz CT molecular complexity index is 727. The van der Waals surface area contributed by atoms with Crippen molar-refractivity contribution in [2.45, 2.75) is 38.1 Å². The number of hydrogen-bond donors (Lipinski definition) is 1. The number of rotatable bonds is 7. The van der Waals surface area contributed by atoms with Crippen LogP contribution in [0.4, 0.5) is 0 Å². The maximum absolute atomic E-state index is 12.4. The van der Waals surface area contributed by atoms with Crippen LogP contribution in [0.25, 0.3) is 0 Å². The number of carboxylic acid groups (broad SMARTS) is 1. The summed E-state index contributed by atoms with van der Waals surface area (Å²) < 4.78 is 10.9. The number of amides is 1. The third-order valence-corrected chi connectivity index (χ3v) is 5.35. The second kappa shape index (κ2) is 7.99. The lowest BCUT2D eigenvalue weighted by Gasteiger charge is -2.26. The van der Waals surface area contributed by atoms with Crippen molar-refractivity contribution in [2.75, 3.05) is 13.7 Å². The molecule has 1 saturated carbocycles. The van der Waals surface area contributed by atoms with Gasteiger partial charge in [-0.25, -0.2) is 4.79 Å². The van der Waals surface area contributed by atoms with Gasteiger partial charge in [0.15, 0.2) is 0 Å². The molecule has 0 radical (unpaired) electrons. The van der Waals surface area contributed by atoms with E-state index in [0.29, 0.717) is 34.6 Å². The molecule has 0 aromatic heterocycles. The van der Waals surface area contributed by atoms with E-state index >= 15 is 0 Å². The highest BCUT2D eigenvalue weighted by molar-refractivity contribution is 6.33. The number of methoxy groups -OCH3 is 1. The second-order valence-corrected chi connectivity index (χ2v) is 7.07. The molecule has 0 bridgehead atoms. The number of carboxylic acids is 1. The number of ether oxygens (including phenoxy) is 2. The molecule has 1 N–H and O–H groups in total. The zero-order valence-corrected chi connectivity index (χ0v) is 15.4. The van der Waals surface area contributed by atoms with E-state index in [1.54, 1.807) is 18.2 Å². The Hall–Kier alpha value is -2.21. The molecule has 26 heavy (non-hydrogen) atoms. The monoisotopic (exact) mass is 379 g/mol. The standard InChI is InChI=1S/C19H22ClNO5/c1-25-15-7-4-8-16(18(15)20)26-13-10-17(22)21(11-13)14(19(23)24)9-12-5-2-3-6-12/h4,7-8,10,12,14H,2-3,5-6,9,11H2,1H3,(H,23,24). The summed E-state index contributed by atoms with van der Waals surface area (Å²) in [6.45, 7) is 0.121. The molecule has 3 rings (SSSR count). The first-order valence-electron chi connectivity index (χ1n) is 8.74. The van der Waals surface area contributed by atoms with Crippen LogP contribution in [0.2, 0.25) is 5.02 Å². The van der Waals surface area contributed by atoms with E-state index in [0.717, 1.165) is 25.7 Å². The van der Waals surface area contributed by atoms with E-state index in [1.807, 2.05) is 0 Å². The highest BCUT2D eigenvalue weighted by Gasteiger charge is 2.36. The quantitative estimate of drug-likeness (QED) is 0.784. The molecule has 7 heteroatoms. The first-order valence-corrected chi connectivity index (χ1v) is 9.11. The van der Waals surface area contributed by atoms with Crippen LogP contribution in [0, 0.1) is 5.92 Å². The van der Waals surface area contributed by atoms with Crippen molar-refractivity contribution < 1.29 is 24.2 Å². The summed E-state index contributed by atoms with van der Waals surface area (Å²) in [4.78, 5) is 25.4. The first-order chi connectivity index (χ1) is 12.5. The van der Waals surface area contributed by atoms with Gasteiger partial charge < -0.3 is 19.5 Å². The Kier molecular flexibility index (Phi) is 5.71. The fourth-order valence-corrected chi connectivity index (χ4v) is 3.87. The fourth-order valence-electron chi connectivity index (χ4n) is 3.63. The molecule has 2 aliphatic rings. The molecule has 6 nitrogen and oxygen atoms in total. The zero-order chi connectivity index (χ0) is 18.7. The third kappa shape index (κ3) is 3.96. The predicted molar refractivity (Wildman–Crippen MR) is 96.4 cm³/mol. The van der Waals surface area contributed by atoms with Crippen molar-refractivity contribution in [3.8, 4) is 11.5 Å². The highest BCUT2D eigenvalue weighted by atomic mass is 35.5. The average Bonchev–Trinajstić information content (AvgIpc) is 3.24. The minimum atomic E-state index is -0.973. The summed E-state index contributed by atoms with van der Waals surface area (Å²) in [7, 11) is 1.51. The molecule has 1 unspecified atom stereocenters. The molecular weight excluding hydrogens is 358 g/mol. The van der Waals surface area contributed by atoms with Crippen LogP contribution >= 0.6 is 11.6 Å². The van der Waals surface area contributed by atoms with Gasteiger partial charge in [0.05, 0.1) is 13.7 Å². The second-order valence-electron chi connectivity index (χ2n) is 6.69. The number of halogens is 1.